The molecule has 1 atom stereocenters. The molecule has 3 N–H and O–H groups in total. The summed E-state index contributed by atoms with van der Waals surface area (Å²) < 4.78 is 10.5. The molecule has 0 spiro atoms. The lowest BCUT2D eigenvalue weighted by atomic mass is 10.2. The van der Waals surface area contributed by atoms with E-state index in [4.69, 9.17) is 15.2 Å². The first kappa shape index (κ1) is 15.8. The Balaban J connectivity index is 0.00000180. The van der Waals surface area contributed by atoms with Crippen LogP contribution in [0, 0.1) is 5.92 Å². The van der Waals surface area contributed by atoms with Crippen LogP contribution in [0.4, 0.5) is 11.4 Å². The van der Waals surface area contributed by atoms with E-state index in [0.29, 0.717) is 22.9 Å². The van der Waals surface area contributed by atoms with Crippen LogP contribution in [0.15, 0.2) is 12.1 Å². The van der Waals surface area contributed by atoms with Crippen LogP contribution in [0.3, 0.4) is 0 Å². The summed E-state index contributed by atoms with van der Waals surface area (Å²) in [6, 6.07) is 3.36. The second-order valence-corrected chi connectivity index (χ2v) is 5.05. The van der Waals surface area contributed by atoms with Gasteiger partial charge in [0.2, 0.25) is 12.7 Å². The topological polar surface area (TPSA) is 73.6 Å². The number of carbonyl (C=O) groups excluding carboxylic acids is 1. The number of hydrogen-bond acceptors (Lipinski definition) is 5. The quantitative estimate of drug-likeness (QED) is 0.835. The number of fused-ring (bicyclic) bond motifs is 1. The number of nitrogens with one attached hydrogen (secondary N) is 1. The van der Waals surface area contributed by atoms with Crippen molar-refractivity contribution in [2.45, 2.75) is 6.92 Å². The molecule has 0 bridgehead atoms. The lowest BCUT2D eigenvalue weighted by Gasteiger charge is -2.13. The highest BCUT2D eigenvalue weighted by Gasteiger charge is 2.19. The van der Waals surface area contributed by atoms with Crippen LogP contribution in [0.25, 0.3) is 0 Å². The molecule has 1 heterocycles. The lowest BCUT2D eigenvalue weighted by Crippen LogP contribution is -2.22. The third-order valence-corrected chi connectivity index (χ3v) is 3.50. The Bertz CT molecular complexity index is 471. The van der Waals surface area contributed by atoms with Crippen molar-refractivity contribution < 1.29 is 14.3 Å². The van der Waals surface area contributed by atoms with Gasteiger partial charge in [0.15, 0.2) is 11.5 Å². The molecule has 19 heavy (non-hydrogen) atoms. The van der Waals surface area contributed by atoms with Gasteiger partial charge in [-0.2, -0.15) is 11.8 Å². The predicted octanol–water partition coefficient (Wildman–Crippen LogP) is 2.36. The lowest BCUT2D eigenvalue weighted by molar-refractivity contribution is -0.118. The first-order chi connectivity index (χ1) is 8.61. The van der Waals surface area contributed by atoms with E-state index in [9.17, 15) is 4.79 Å². The highest BCUT2D eigenvalue weighted by Crippen LogP contribution is 2.38. The average Bonchev–Trinajstić information content (AvgIpc) is 2.76. The molecule has 0 aliphatic carbocycles. The standard InChI is InChI=1S/C12H16N2O3S.ClH/c1-7(5-18-2)12(15)14-9-4-11-10(3-8(9)13)16-6-17-11;/h3-4,7H,5-6,13H2,1-2H3,(H,14,15);1H. The number of nitrogen functional groups attached to an aromatic ring is 1. The summed E-state index contributed by atoms with van der Waals surface area (Å²) in [5.41, 5.74) is 6.90. The van der Waals surface area contributed by atoms with Crippen molar-refractivity contribution in [3.05, 3.63) is 12.1 Å². The van der Waals surface area contributed by atoms with Gasteiger partial charge in [0.05, 0.1) is 11.4 Å². The highest BCUT2D eigenvalue weighted by molar-refractivity contribution is 7.98. The van der Waals surface area contributed by atoms with Crippen LogP contribution in [0.2, 0.25) is 0 Å². The van der Waals surface area contributed by atoms with Crippen LogP contribution < -0.4 is 20.5 Å². The van der Waals surface area contributed by atoms with E-state index in [1.54, 1.807) is 23.9 Å². The maximum absolute atomic E-state index is 11.9. The number of halogens is 1. The van der Waals surface area contributed by atoms with Crippen molar-refractivity contribution in [2.75, 3.05) is 29.9 Å². The smallest absolute Gasteiger partial charge is 0.231 e. The van der Waals surface area contributed by atoms with Gasteiger partial charge in [-0.25, -0.2) is 0 Å². The zero-order chi connectivity index (χ0) is 13.1. The first-order valence-electron chi connectivity index (χ1n) is 5.60. The molecule has 0 fully saturated rings. The maximum atomic E-state index is 11.9. The number of hydrogen-bond donors (Lipinski definition) is 2. The number of anilines is 2. The number of amides is 1. The van der Waals surface area contributed by atoms with E-state index in [-0.39, 0.29) is 31.0 Å². The van der Waals surface area contributed by atoms with Crippen molar-refractivity contribution >= 4 is 41.5 Å². The Hall–Kier alpha value is -1.27. The minimum Gasteiger partial charge on any atom is -0.454 e. The Morgan fingerprint density at radius 3 is 2.74 bits per heavy atom. The SMILES string of the molecule is CSCC(C)C(=O)Nc1cc2c(cc1N)OCO2.Cl. The van der Waals surface area contributed by atoms with Crippen LogP contribution >= 0.6 is 24.2 Å². The van der Waals surface area contributed by atoms with Gasteiger partial charge in [-0.05, 0) is 6.26 Å². The molecule has 0 saturated heterocycles. The van der Waals surface area contributed by atoms with Gasteiger partial charge in [-0.3, -0.25) is 4.79 Å². The van der Waals surface area contributed by atoms with Crippen molar-refractivity contribution in [3.8, 4) is 11.5 Å². The Labute approximate surface area is 122 Å². The second-order valence-electron chi connectivity index (χ2n) is 4.14. The average molecular weight is 305 g/mol. The number of ether oxygens (including phenoxy) is 2. The van der Waals surface area contributed by atoms with Crippen LogP contribution in [0.5, 0.6) is 11.5 Å². The van der Waals surface area contributed by atoms with Crippen molar-refractivity contribution in [1.29, 1.82) is 0 Å². The predicted molar refractivity (Wildman–Crippen MR) is 80.4 cm³/mol. The summed E-state index contributed by atoms with van der Waals surface area (Å²) in [5, 5.41) is 2.81. The fraction of sp³-hybridized carbons (Fsp3) is 0.417. The van der Waals surface area contributed by atoms with E-state index in [0.717, 1.165) is 5.75 Å². The first-order valence-corrected chi connectivity index (χ1v) is 7.00. The minimum atomic E-state index is -0.0650. The molecule has 1 amide bonds. The van der Waals surface area contributed by atoms with E-state index in [1.807, 2.05) is 13.2 Å². The normalized spacial score (nSPS) is 13.6. The number of thioether (sulfide) groups is 1. The van der Waals surface area contributed by atoms with Gasteiger partial charge in [0.1, 0.15) is 0 Å². The van der Waals surface area contributed by atoms with Gasteiger partial charge >= 0.3 is 0 Å². The van der Waals surface area contributed by atoms with Gasteiger partial charge < -0.3 is 20.5 Å². The van der Waals surface area contributed by atoms with E-state index in [2.05, 4.69) is 5.32 Å². The molecule has 1 aromatic carbocycles. The molecule has 0 aromatic heterocycles. The summed E-state index contributed by atoms with van der Waals surface area (Å²) in [6.45, 7) is 2.07. The molecule has 106 valence electrons. The van der Waals surface area contributed by atoms with E-state index < -0.39 is 0 Å². The molecule has 1 aliphatic rings. The third kappa shape index (κ3) is 3.61. The molecule has 1 aromatic rings. The third-order valence-electron chi connectivity index (χ3n) is 2.67. The minimum absolute atomic E-state index is 0. The maximum Gasteiger partial charge on any atom is 0.231 e. The molecule has 2 rings (SSSR count). The summed E-state index contributed by atoms with van der Waals surface area (Å²) in [7, 11) is 0. The summed E-state index contributed by atoms with van der Waals surface area (Å²) in [4.78, 5) is 11.9. The van der Waals surface area contributed by atoms with Crippen LogP contribution in [0.1, 0.15) is 6.92 Å². The number of benzene rings is 1. The Kier molecular flexibility index (Phi) is 5.62. The van der Waals surface area contributed by atoms with Crippen LogP contribution in [-0.4, -0.2) is 24.7 Å². The van der Waals surface area contributed by atoms with Gasteiger partial charge in [-0.1, -0.05) is 6.92 Å². The number of rotatable bonds is 4. The fourth-order valence-electron chi connectivity index (χ4n) is 1.65. The fourth-order valence-corrected chi connectivity index (χ4v) is 2.30. The summed E-state index contributed by atoms with van der Waals surface area (Å²) in [5.74, 6) is 1.88. The van der Waals surface area contributed by atoms with Crippen molar-refractivity contribution in [1.82, 2.24) is 0 Å². The number of carbonyl (C=O) groups is 1. The van der Waals surface area contributed by atoms with Crippen molar-refractivity contribution in [2.24, 2.45) is 5.92 Å². The molecule has 1 aliphatic heterocycles. The second kappa shape index (κ2) is 6.77. The van der Waals surface area contributed by atoms with Gasteiger partial charge in [0, 0.05) is 23.8 Å². The molecule has 1 unspecified atom stereocenters. The van der Waals surface area contributed by atoms with E-state index >= 15 is 0 Å². The molecular weight excluding hydrogens is 288 g/mol. The largest absolute Gasteiger partial charge is 0.454 e. The van der Waals surface area contributed by atoms with Crippen LogP contribution in [-0.2, 0) is 4.79 Å². The zero-order valence-electron chi connectivity index (χ0n) is 10.8. The molecular formula is C12H17ClN2O3S. The Morgan fingerprint density at radius 2 is 2.11 bits per heavy atom. The molecule has 5 nitrogen and oxygen atoms in total. The summed E-state index contributed by atoms with van der Waals surface area (Å²) in [6.07, 6.45) is 1.97. The molecule has 0 saturated carbocycles. The number of nitrogens with two attached hydrogens (primary N) is 1. The molecule has 0 radical (unpaired) electrons. The Morgan fingerprint density at radius 1 is 1.47 bits per heavy atom. The van der Waals surface area contributed by atoms with E-state index in [1.165, 1.54) is 0 Å². The zero-order valence-corrected chi connectivity index (χ0v) is 12.4. The summed E-state index contributed by atoms with van der Waals surface area (Å²) >= 11 is 1.64. The van der Waals surface area contributed by atoms with Crippen molar-refractivity contribution in [3.63, 3.8) is 0 Å². The highest BCUT2D eigenvalue weighted by atomic mass is 35.5. The monoisotopic (exact) mass is 304 g/mol. The molecule has 7 heteroatoms. The van der Waals surface area contributed by atoms with Gasteiger partial charge in [-0.15, -0.1) is 12.4 Å². The van der Waals surface area contributed by atoms with Gasteiger partial charge in [0.25, 0.3) is 0 Å².